The second-order valence-corrected chi connectivity index (χ2v) is 6.64. The molecule has 3 aromatic rings. The van der Waals surface area contributed by atoms with Gasteiger partial charge in [0.2, 0.25) is 0 Å². The maximum absolute atomic E-state index is 13.1. The largest absolute Gasteiger partial charge is 0.467 e. The Balaban J connectivity index is 1.74. The molecule has 4 amide bonds. The summed E-state index contributed by atoms with van der Waals surface area (Å²) in [6.45, 7) is -0.193. The van der Waals surface area contributed by atoms with Gasteiger partial charge < -0.3 is 9.15 Å². The summed E-state index contributed by atoms with van der Waals surface area (Å²) in [6, 6.07) is 9.40. The molecule has 10 nitrogen and oxygen atoms in total. The predicted molar refractivity (Wildman–Crippen MR) is 103 cm³/mol. The SMILES string of the molecule is COCCN1C(=O)C(=O)N(Cc2nc3ccccc3c(=O)n2Cc2ccco2)C1=O. The molecule has 3 heterocycles. The highest BCUT2D eigenvalue weighted by molar-refractivity contribution is 6.44. The second-order valence-electron chi connectivity index (χ2n) is 6.64. The number of furan rings is 1. The Morgan fingerprint density at radius 1 is 0.967 bits per heavy atom. The summed E-state index contributed by atoms with van der Waals surface area (Å²) >= 11 is 0. The van der Waals surface area contributed by atoms with Crippen LogP contribution < -0.4 is 5.56 Å². The van der Waals surface area contributed by atoms with Gasteiger partial charge in [-0.2, -0.15) is 0 Å². The van der Waals surface area contributed by atoms with E-state index < -0.39 is 17.8 Å². The molecule has 0 unspecified atom stereocenters. The number of hydrogen-bond acceptors (Lipinski definition) is 7. The fourth-order valence-electron chi connectivity index (χ4n) is 3.27. The average Bonchev–Trinajstić information content (AvgIpc) is 3.33. The average molecular weight is 410 g/mol. The minimum Gasteiger partial charge on any atom is -0.467 e. The molecule has 1 aliphatic rings. The normalized spacial score (nSPS) is 14.4. The van der Waals surface area contributed by atoms with Crippen LogP contribution in [0.4, 0.5) is 4.79 Å². The number of carbonyl (C=O) groups excluding carboxylic acids is 3. The van der Waals surface area contributed by atoms with Gasteiger partial charge in [-0.05, 0) is 24.3 Å². The van der Waals surface area contributed by atoms with Crippen molar-refractivity contribution in [3.63, 3.8) is 0 Å². The van der Waals surface area contributed by atoms with Crippen molar-refractivity contribution in [2.45, 2.75) is 13.1 Å². The van der Waals surface area contributed by atoms with Gasteiger partial charge in [0.05, 0.1) is 43.4 Å². The third kappa shape index (κ3) is 3.37. The van der Waals surface area contributed by atoms with Crippen LogP contribution in [-0.4, -0.2) is 57.5 Å². The number of nitrogens with zero attached hydrogens (tertiary/aromatic N) is 4. The van der Waals surface area contributed by atoms with Gasteiger partial charge in [-0.1, -0.05) is 12.1 Å². The first-order valence-electron chi connectivity index (χ1n) is 9.18. The van der Waals surface area contributed by atoms with Crippen LogP contribution >= 0.6 is 0 Å². The molecule has 10 heteroatoms. The summed E-state index contributed by atoms with van der Waals surface area (Å²) in [4.78, 5) is 56.4. The zero-order chi connectivity index (χ0) is 21.3. The first-order chi connectivity index (χ1) is 14.5. The summed E-state index contributed by atoms with van der Waals surface area (Å²) < 4.78 is 11.6. The van der Waals surface area contributed by atoms with Crippen molar-refractivity contribution in [1.29, 1.82) is 0 Å². The minimum absolute atomic E-state index is 0.0409. The summed E-state index contributed by atoms with van der Waals surface area (Å²) in [7, 11) is 1.43. The van der Waals surface area contributed by atoms with Gasteiger partial charge in [-0.3, -0.25) is 23.9 Å². The van der Waals surface area contributed by atoms with Crippen molar-refractivity contribution < 1.29 is 23.5 Å². The molecule has 0 saturated carbocycles. The van der Waals surface area contributed by atoms with Crippen LogP contribution in [0, 0.1) is 0 Å². The van der Waals surface area contributed by atoms with Gasteiger partial charge in [0.1, 0.15) is 11.6 Å². The van der Waals surface area contributed by atoms with Gasteiger partial charge in [-0.15, -0.1) is 0 Å². The Morgan fingerprint density at radius 3 is 2.47 bits per heavy atom. The predicted octanol–water partition coefficient (Wildman–Crippen LogP) is 0.975. The lowest BCUT2D eigenvalue weighted by molar-refractivity contribution is -0.143. The van der Waals surface area contributed by atoms with Crippen molar-refractivity contribution in [3.8, 4) is 0 Å². The number of urea groups is 1. The number of methoxy groups -OCH3 is 1. The zero-order valence-corrected chi connectivity index (χ0v) is 16.1. The van der Waals surface area contributed by atoms with Gasteiger partial charge >= 0.3 is 17.8 Å². The maximum Gasteiger partial charge on any atom is 0.334 e. The Kier molecular flexibility index (Phi) is 5.15. The van der Waals surface area contributed by atoms with Crippen molar-refractivity contribution >= 4 is 28.7 Å². The third-order valence-corrected chi connectivity index (χ3v) is 4.79. The van der Waals surface area contributed by atoms with E-state index >= 15 is 0 Å². The Hall–Kier alpha value is -3.79. The molecule has 1 aliphatic heterocycles. The first kappa shape index (κ1) is 19.5. The van der Waals surface area contributed by atoms with E-state index in [0.29, 0.717) is 16.7 Å². The number of amides is 4. The number of para-hydroxylation sites is 1. The molecule has 0 spiro atoms. The van der Waals surface area contributed by atoms with Crippen LogP contribution in [0.3, 0.4) is 0 Å². The number of aromatic nitrogens is 2. The number of hydrogen-bond donors (Lipinski definition) is 0. The highest BCUT2D eigenvalue weighted by atomic mass is 16.5. The van der Waals surface area contributed by atoms with E-state index in [1.807, 2.05) is 0 Å². The number of rotatable bonds is 7. The molecule has 0 bridgehead atoms. The minimum atomic E-state index is -0.969. The molecule has 1 aromatic carbocycles. The van der Waals surface area contributed by atoms with E-state index in [9.17, 15) is 19.2 Å². The molecular weight excluding hydrogens is 392 g/mol. The summed E-state index contributed by atoms with van der Waals surface area (Å²) in [5, 5.41) is 0.393. The lowest BCUT2D eigenvalue weighted by atomic mass is 10.2. The zero-order valence-electron chi connectivity index (χ0n) is 16.1. The molecule has 30 heavy (non-hydrogen) atoms. The van der Waals surface area contributed by atoms with E-state index in [0.717, 1.165) is 9.80 Å². The summed E-state index contributed by atoms with van der Waals surface area (Å²) in [5.41, 5.74) is 0.0866. The van der Waals surface area contributed by atoms with E-state index in [4.69, 9.17) is 9.15 Å². The summed E-state index contributed by atoms with van der Waals surface area (Å²) in [6.07, 6.45) is 1.48. The number of fused-ring (bicyclic) bond motifs is 1. The van der Waals surface area contributed by atoms with Crippen molar-refractivity contribution in [2.75, 3.05) is 20.3 Å². The van der Waals surface area contributed by atoms with Crippen molar-refractivity contribution in [3.05, 3.63) is 64.6 Å². The molecule has 2 aromatic heterocycles. The molecule has 0 atom stereocenters. The van der Waals surface area contributed by atoms with Crippen LogP contribution in [0.5, 0.6) is 0 Å². The van der Waals surface area contributed by atoms with Crippen molar-refractivity contribution in [2.24, 2.45) is 0 Å². The van der Waals surface area contributed by atoms with E-state index in [1.165, 1.54) is 17.9 Å². The van der Waals surface area contributed by atoms with Crippen molar-refractivity contribution in [1.82, 2.24) is 19.4 Å². The van der Waals surface area contributed by atoms with E-state index in [-0.39, 0.29) is 37.6 Å². The molecular formula is C20H18N4O6. The van der Waals surface area contributed by atoms with Gasteiger partial charge in [-0.25, -0.2) is 14.7 Å². The lowest BCUT2D eigenvalue weighted by Gasteiger charge is -2.18. The maximum atomic E-state index is 13.1. The van der Waals surface area contributed by atoms with E-state index in [1.54, 1.807) is 36.4 Å². The second kappa shape index (κ2) is 7.91. The molecule has 4 rings (SSSR count). The fraction of sp³-hybridized carbons (Fsp3) is 0.250. The Bertz CT molecular complexity index is 1180. The number of benzene rings is 1. The molecule has 1 fully saturated rings. The first-order valence-corrected chi connectivity index (χ1v) is 9.18. The quantitative estimate of drug-likeness (QED) is 0.421. The van der Waals surface area contributed by atoms with Crippen LogP contribution in [0.25, 0.3) is 10.9 Å². The van der Waals surface area contributed by atoms with Crippen LogP contribution in [-0.2, 0) is 27.4 Å². The molecule has 0 aliphatic carbocycles. The highest BCUT2D eigenvalue weighted by Crippen LogP contribution is 2.17. The Labute approximate surface area is 170 Å². The molecule has 1 saturated heterocycles. The topological polar surface area (TPSA) is 115 Å². The molecule has 0 radical (unpaired) electrons. The van der Waals surface area contributed by atoms with Crippen LogP contribution in [0.15, 0.2) is 51.9 Å². The lowest BCUT2D eigenvalue weighted by Crippen LogP contribution is -2.37. The third-order valence-electron chi connectivity index (χ3n) is 4.79. The van der Waals surface area contributed by atoms with Gasteiger partial charge in [0, 0.05) is 7.11 Å². The smallest absolute Gasteiger partial charge is 0.334 e. The Morgan fingerprint density at radius 2 is 1.73 bits per heavy atom. The monoisotopic (exact) mass is 410 g/mol. The summed E-state index contributed by atoms with van der Waals surface area (Å²) in [5.74, 6) is -1.23. The van der Waals surface area contributed by atoms with Crippen LogP contribution in [0.2, 0.25) is 0 Å². The van der Waals surface area contributed by atoms with Crippen LogP contribution in [0.1, 0.15) is 11.6 Å². The number of ether oxygens (including phenoxy) is 1. The fourth-order valence-corrected chi connectivity index (χ4v) is 3.27. The molecule has 154 valence electrons. The number of imide groups is 2. The van der Waals surface area contributed by atoms with E-state index in [2.05, 4.69) is 4.98 Å². The standard InChI is InChI=1S/C20H18N4O6/c1-29-10-8-22-18(26)19(27)24(20(22)28)12-16-21-15-7-3-2-6-14(15)17(25)23(16)11-13-5-4-9-30-13/h2-7,9H,8,10-12H2,1H3. The highest BCUT2D eigenvalue weighted by Gasteiger charge is 2.44. The van der Waals surface area contributed by atoms with Gasteiger partial charge in [0.25, 0.3) is 5.56 Å². The molecule has 0 N–H and O–H groups in total. The van der Waals surface area contributed by atoms with Gasteiger partial charge in [0.15, 0.2) is 0 Å². The number of carbonyl (C=O) groups is 3.